The maximum atomic E-state index is 5.48. The lowest BCUT2D eigenvalue weighted by Gasteiger charge is -1.94. The maximum absolute atomic E-state index is 5.48. The van der Waals surface area contributed by atoms with E-state index in [2.05, 4.69) is 19.1 Å². The first-order valence-electron chi connectivity index (χ1n) is 5.37. The van der Waals surface area contributed by atoms with E-state index in [-0.39, 0.29) is 0 Å². The van der Waals surface area contributed by atoms with Gasteiger partial charge in [0.1, 0.15) is 0 Å². The zero-order chi connectivity index (χ0) is 11.8. The molecule has 0 aromatic heterocycles. The van der Waals surface area contributed by atoms with Gasteiger partial charge < -0.3 is 11.5 Å². The van der Waals surface area contributed by atoms with Gasteiger partial charge in [-0.1, -0.05) is 37.3 Å². The van der Waals surface area contributed by atoms with Crippen LogP contribution in [0.5, 0.6) is 0 Å². The van der Waals surface area contributed by atoms with E-state index >= 15 is 0 Å². The molecule has 0 spiro atoms. The van der Waals surface area contributed by atoms with E-state index in [0.717, 1.165) is 17.8 Å². The molecule has 0 unspecified atom stereocenters. The first kappa shape index (κ1) is 12.1. The number of para-hydroxylation sites is 1. The highest BCUT2D eigenvalue weighted by Gasteiger charge is 1.85. The van der Waals surface area contributed by atoms with Gasteiger partial charge in [-0.2, -0.15) is 0 Å². The molecular weight excluding hydrogens is 196 g/mol. The van der Waals surface area contributed by atoms with Crippen molar-refractivity contribution in [3.8, 4) is 0 Å². The van der Waals surface area contributed by atoms with Gasteiger partial charge in [-0.25, -0.2) is 0 Å². The van der Waals surface area contributed by atoms with Crippen molar-refractivity contribution < 1.29 is 0 Å². The van der Waals surface area contributed by atoms with Crippen molar-refractivity contribution in [3.63, 3.8) is 0 Å². The molecule has 0 heterocycles. The van der Waals surface area contributed by atoms with Gasteiger partial charge in [0, 0.05) is 11.4 Å². The Morgan fingerprint density at radius 1 is 0.750 bits per heavy atom. The van der Waals surface area contributed by atoms with Crippen LogP contribution >= 0.6 is 0 Å². The van der Waals surface area contributed by atoms with Gasteiger partial charge in [0.05, 0.1) is 0 Å². The Bertz CT molecular complexity index is 393. The second kappa shape index (κ2) is 6.51. The van der Waals surface area contributed by atoms with E-state index in [1.807, 2.05) is 42.5 Å². The lowest BCUT2D eigenvalue weighted by molar-refractivity contribution is 1.14. The minimum absolute atomic E-state index is 0.822. The Morgan fingerprint density at radius 2 is 1.25 bits per heavy atom. The average Bonchev–Trinajstić information content (AvgIpc) is 2.32. The SMILES string of the molecule is CCc1ccc(N)cc1.Nc1ccccc1. The molecule has 0 radical (unpaired) electrons. The Labute approximate surface area is 96.9 Å². The van der Waals surface area contributed by atoms with E-state index in [9.17, 15) is 0 Å². The molecule has 84 valence electrons. The number of rotatable bonds is 1. The van der Waals surface area contributed by atoms with Crippen LogP contribution in [0.1, 0.15) is 12.5 Å². The molecule has 0 saturated heterocycles. The monoisotopic (exact) mass is 214 g/mol. The average molecular weight is 214 g/mol. The highest BCUT2D eigenvalue weighted by atomic mass is 14.5. The zero-order valence-corrected chi connectivity index (χ0v) is 9.56. The molecule has 2 heteroatoms. The van der Waals surface area contributed by atoms with Gasteiger partial charge in [-0.05, 0) is 36.2 Å². The van der Waals surface area contributed by atoms with Gasteiger partial charge in [-0.15, -0.1) is 0 Å². The summed E-state index contributed by atoms with van der Waals surface area (Å²) in [6, 6.07) is 17.4. The number of hydrogen-bond donors (Lipinski definition) is 2. The van der Waals surface area contributed by atoms with Crippen LogP contribution in [0.3, 0.4) is 0 Å². The Balaban J connectivity index is 0.000000165. The van der Waals surface area contributed by atoms with Crippen molar-refractivity contribution >= 4 is 11.4 Å². The normalized spacial score (nSPS) is 9.06. The van der Waals surface area contributed by atoms with Crippen LogP contribution in [0.4, 0.5) is 11.4 Å². The molecule has 0 aliphatic heterocycles. The van der Waals surface area contributed by atoms with E-state index < -0.39 is 0 Å². The summed E-state index contributed by atoms with van der Waals surface area (Å²) in [5.74, 6) is 0. The van der Waals surface area contributed by atoms with Gasteiger partial charge >= 0.3 is 0 Å². The first-order valence-corrected chi connectivity index (χ1v) is 5.37. The second-order valence-electron chi connectivity index (χ2n) is 3.51. The summed E-state index contributed by atoms with van der Waals surface area (Å²) in [6.45, 7) is 2.13. The van der Waals surface area contributed by atoms with Crippen molar-refractivity contribution in [1.29, 1.82) is 0 Å². The van der Waals surface area contributed by atoms with Gasteiger partial charge in [0.15, 0.2) is 0 Å². The highest BCUT2D eigenvalue weighted by molar-refractivity contribution is 5.39. The van der Waals surface area contributed by atoms with Crippen LogP contribution in [0.25, 0.3) is 0 Å². The first-order chi connectivity index (χ1) is 7.72. The minimum Gasteiger partial charge on any atom is -0.399 e. The molecule has 0 aliphatic rings. The predicted molar refractivity (Wildman–Crippen MR) is 71.1 cm³/mol. The Hall–Kier alpha value is -1.96. The molecule has 2 aromatic carbocycles. The lowest BCUT2D eigenvalue weighted by Crippen LogP contribution is -1.84. The number of aryl methyl sites for hydroxylation is 1. The fraction of sp³-hybridized carbons (Fsp3) is 0.143. The zero-order valence-electron chi connectivity index (χ0n) is 9.56. The van der Waals surface area contributed by atoms with Crippen molar-refractivity contribution in [2.75, 3.05) is 11.5 Å². The molecule has 2 rings (SSSR count). The number of nitrogen functional groups attached to an aromatic ring is 2. The van der Waals surface area contributed by atoms with E-state index in [1.54, 1.807) is 0 Å². The molecule has 0 bridgehead atoms. The maximum Gasteiger partial charge on any atom is 0.0314 e. The number of nitrogens with two attached hydrogens (primary N) is 2. The van der Waals surface area contributed by atoms with Crippen LogP contribution in [0.15, 0.2) is 54.6 Å². The summed E-state index contributed by atoms with van der Waals surface area (Å²) in [4.78, 5) is 0. The second-order valence-corrected chi connectivity index (χ2v) is 3.51. The number of anilines is 2. The van der Waals surface area contributed by atoms with E-state index in [4.69, 9.17) is 11.5 Å². The van der Waals surface area contributed by atoms with Crippen LogP contribution in [-0.2, 0) is 6.42 Å². The summed E-state index contributed by atoms with van der Waals surface area (Å²) >= 11 is 0. The van der Waals surface area contributed by atoms with Crippen LogP contribution < -0.4 is 11.5 Å². The standard InChI is InChI=1S/C8H11N.C6H7N/c1-2-7-3-5-8(9)6-4-7;7-6-4-2-1-3-5-6/h3-6H,2,9H2,1H3;1-5H,7H2. The minimum atomic E-state index is 0.822. The fourth-order valence-corrected chi connectivity index (χ4v) is 1.21. The largest absolute Gasteiger partial charge is 0.399 e. The molecule has 0 fully saturated rings. The Kier molecular flexibility index (Phi) is 4.93. The quantitative estimate of drug-likeness (QED) is 0.717. The molecule has 0 atom stereocenters. The lowest BCUT2D eigenvalue weighted by atomic mass is 10.2. The van der Waals surface area contributed by atoms with Crippen molar-refractivity contribution in [3.05, 3.63) is 60.2 Å². The Morgan fingerprint density at radius 3 is 1.62 bits per heavy atom. The molecule has 0 aliphatic carbocycles. The summed E-state index contributed by atoms with van der Waals surface area (Å²) < 4.78 is 0. The summed E-state index contributed by atoms with van der Waals surface area (Å²) in [6.07, 6.45) is 1.08. The van der Waals surface area contributed by atoms with Crippen LogP contribution in [0, 0.1) is 0 Å². The molecule has 2 nitrogen and oxygen atoms in total. The fourth-order valence-electron chi connectivity index (χ4n) is 1.21. The summed E-state index contributed by atoms with van der Waals surface area (Å²) in [7, 11) is 0. The van der Waals surface area contributed by atoms with Gasteiger partial charge in [-0.3, -0.25) is 0 Å². The molecule has 2 aromatic rings. The van der Waals surface area contributed by atoms with Crippen molar-refractivity contribution in [2.45, 2.75) is 13.3 Å². The third kappa shape index (κ3) is 4.51. The van der Waals surface area contributed by atoms with Crippen molar-refractivity contribution in [2.24, 2.45) is 0 Å². The molecule has 0 amide bonds. The number of hydrogen-bond acceptors (Lipinski definition) is 2. The van der Waals surface area contributed by atoms with E-state index in [0.29, 0.717) is 0 Å². The summed E-state index contributed by atoms with van der Waals surface area (Å²) in [5.41, 5.74) is 13.8. The molecule has 0 saturated carbocycles. The highest BCUT2D eigenvalue weighted by Crippen LogP contribution is 2.04. The smallest absolute Gasteiger partial charge is 0.0314 e. The van der Waals surface area contributed by atoms with Gasteiger partial charge in [0.25, 0.3) is 0 Å². The van der Waals surface area contributed by atoms with Crippen LogP contribution in [-0.4, -0.2) is 0 Å². The van der Waals surface area contributed by atoms with Crippen LogP contribution in [0.2, 0.25) is 0 Å². The molecule has 16 heavy (non-hydrogen) atoms. The third-order valence-electron chi connectivity index (χ3n) is 2.19. The topological polar surface area (TPSA) is 52.0 Å². The van der Waals surface area contributed by atoms with E-state index in [1.165, 1.54) is 5.56 Å². The molecule has 4 N–H and O–H groups in total. The third-order valence-corrected chi connectivity index (χ3v) is 2.19. The number of benzene rings is 2. The predicted octanol–water partition coefficient (Wildman–Crippen LogP) is 3.10. The summed E-state index contributed by atoms with van der Waals surface area (Å²) in [5, 5.41) is 0. The van der Waals surface area contributed by atoms with Gasteiger partial charge in [0.2, 0.25) is 0 Å². The molecular formula is C14H18N2. The van der Waals surface area contributed by atoms with Crippen molar-refractivity contribution in [1.82, 2.24) is 0 Å².